The lowest BCUT2D eigenvalue weighted by Crippen LogP contribution is -2.52. The summed E-state index contributed by atoms with van der Waals surface area (Å²) in [5.74, 6) is 0.593. The largest absolute Gasteiger partial charge is 0.367 e. The van der Waals surface area contributed by atoms with Gasteiger partial charge in [-0.15, -0.1) is 0 Å². The Morgan fingerprint density at radius 1 is 1.28 bits per heavy atom. The molecule has 3 unspecified atom stereocenters. The highest BCUT2D eigenvalue weighted by Crippen LogP contribution is 2.34. The molecule has 0 bridgehead atoms. The van der Waals surface area contributed by atoms with Gasteiger partial charge in [0.15, 0.2) is 0 Å². The van der Waals surface area contributed by atoms with Crippen molar-refractivity contribution >= 4 is 28.9 Å². The first-order chi connectivity index (χ1) is 8.54. The molecule has 3 atom stereocenters. The van der Waals surface area contributed by atoms with Crippen LogP contribution in [0.4, 0.5) is 5.69 Å². The van der Waals surface area contributed by atoms with Crippen LogP contribution < -0.4 is 10.2 Å². The van der Waals surface area contributed by atoms with Crippen molar-refractivity contribution in [2.24, 2.45) is 5.92 Å². The molecule has 1 saturated heterocycles. The highest BCUT2D eigenvalue weighted by Gasteiger charge is 2.32. The summed E-state index contributed by atoms with van der Waals surface area (Å²) in [5, 5.41) is 4.83. The molecule has 0 radical (unpaired) electrons. The number of benzene rings is 1. The maximum Gasteiger partial charge on any atom is 0.0654 e. The quantitative estimate of drug-likeness (QED) is 0.889. The molecular formula is C14H20Cl2N2. The minimum absolute atomic E-state index is 0.467. The van der Waals surface area contributed by atoms with Gasteiger partial charge in [0, 0.05) is 23.7 Å². The van der Waals surface area contributed by atoms with Crippen molar-refractivity contribution < 1.29 is 0 Å². The molecule has 2 nitrogen and oxygen atoms in total. The summed E-state index contributed by atoms with van der Waals surface area (Å²) in [6.45, 7) is 5.58. The molecule has 1 aromatic carbocycles. The molecule has 1 N–H and O–H groups in total. The van der Waals surface area contributed by atoms with Gasteiger partial charge >= 0.3 is 0 Å². The third-order valence-electron chi connectivity index (χ3n) is 4.16. The molecular weight excluding hydrogens is 267 g/mol. The second-order valence-electron chi connectivity index (χ2n) is 5.07. The Bertz CT molecular complexity index is 422. The van der Waals surface area contributed by atoms with E-state index in [-0.39, 0.29) is 0 Å². The van der Waals surface area contributed by atoms with Crippen molar-refractivity contribution in [3.05, 3.63) is 28.2 Å². The van der Waals surface area contributed by atoms with Crippen molar-refractivity contribution in [1.82, 2.24) is 5.32 Å². The van der Waals surface area contributed by atoms with Gasteiger partial charge in [0.25, 0.3) is 0 Å². The summed E-state index contributed by atoms with van der Waals surface area (Å²) in [5.41, 5.74) is 1.09. The first-order valence-corrected chi connectivity index (χ1v) is 7.19. The normalized spacial score (nSPS) is 28.5. The SMILES string of the molecule is CNC1CCN(c2ccc(Cl)cc2Cl)C(C)C1C. The lowest BCUT2D eigenvalue weighted by atomic mass is 9.87. The number of rotatable bonds is 2. The van der Waals surface area contributed by atoms with Crippen molar-refractivity contribution in [2.45, 2.75) is 32.4 Å². The zero-order valence-electron chi connectivity index (χ0n) is 11.1. The van der Waals surface area contributed by atoms with E-state index in [9.17, 15) is 0 Å². The van der Waals surface area contributed by atoms with E-state index < -0.39 is 0 Å². The van der Waals surface area contributed by atoms with Crippen LogP contribution in [-0.2, 0) is 0 Å². The Hall–Kier alpha value is -0.440. The Morgan fingerprint density at radius 2 is 2.00 bits per heavy atom. The second kappa shape index (κ2) is 5.68. The summed E-state index contributed by atoms with van der Waals surface area (Å²) < 4.78 is 0. The maximum atomic E-state index is 6.30. The second-order valence-corrected chi connectivity index (χ2v) is 5.92. The summed E-state index contributed by atoms with van der Waals surface area (Å²) in [7, 11) is 2.04. The monoisotopic (exact) mass is 286 g/mol. The average molecular weight is 287 g/mol. The van der Waals surface area contributed by atoms with Gasteiger partial charge in [-0.2, -0.15) is 0 Å². The number of halogens is 2. The molecule has 0 aliphatic carbocycles. The topological polar surface area (TPSA) is 15.3 Å². The van der Waals surface area contributed by atoms with Crippen molar-refractivity contribution in [1.29, 1.82) is 0 Å². The van der Waals surface area contributed by atoms with E-state index in [4.69, 9.17) is 23.2 Å². The molecule has 100 valence electrons. The van der Waals surface area contributed by atoms with Crippen molar-refractivity contribution in [3.8, 4) is 0 Å². The lowest BCUT2D eigenvalue weighted by molar-refractivity contribution is 0.283. The number of piperidine rings is 1. The van der Waals surface area contributed by atoms with Gasteiger partial charge in [0.1, 0.15) is 0 Å². The van der Waals surface area contributed by atoms with Crippen LogP contribution in [0.1, 0.15) is 20.3 Å². The molecule has 0 amide bonds. The predicted octanol–water partition coefficient (Wildman–Crippen LogP) is 3.82. The Morgan fingerprint density at radius 3 is 2.61 bits per heavy atom. The van der Waals surface area contributed by atoms with Gasteiger partial charge in [-0.25, -0.2) is 0 Å². The predicted molar refractivity (Wildman–Crippen MR) is 79.9 cm³/mol. The first kappa shape index (κ1) is 14.0. The molecule has 1 aliphatic rings. The maximum absolute atomic E-state index is 6.30. The Balaban J connectivity index is 2.24. The van der Waals surface area contributed by atoms with Gasteiger partial charge in [-0.05, 0) is 44.5 Å². The molecule has 0 spiro atoms. The highest BCUT2D eigenvalue weighted by molar-refractivity contribution is 6.36. The third kappa shape index (κ3) is 2.61. The molecule has 0 saturated carbocycles. The van der Waals surface area contributed by atoms with Gasteiger partial charge in [0.05, 0.1) is 10.7 Å². The first-order valence-electron chi connectivity index (χ1n) is 6.43. The van der Waals surface area contributed by atoms with E-state index >= 15 is 0 Å². The number of nitrogens with one attached hydrogen (secondary N) is 1. The van der Waals surface area contributed by atoms with E-state index in [2.05, 4.69) is 24.1 Å². The van der Waals surface area contributed by atoms with Gasteiger partial charge in [-0.3, -0.25) is 0 Å². The van der Waals surface area contributed by atoms with E-state index in [1.165, 1.54) is 0 Å². The van der Waals surface area contributed by atoms with E-state index in [0.717, 1.165) is 23.7 Å². The van der Waals surface area contributed by atoms with Crippen molar-refractivity contribution in [2.75, 3.05) is 18.5 Å². The standard InChI is InChI=1S/C14H20Cl2N2/c1-9-10(2)18(7-6-13(9)17-3)14-5-4-11(15)8-12(14)16/h4-5,8-10,13,17H,6-7H2,1-3H3. The Kier molecular flexibility index (Phi) is 4.41. The third-order valence-corrected chi connectivity index (χ3v) is 4.70. The molecule has 2 rings (SSSR count). The van der Waals surface area contributed by atoms with Gasteiger partial charge in [0.2, 0.25) is 0 Å². The number of anilines is 1. The lowest BCUT2D eigenvalue weighted by Gasteiger charge is -2.44. The summed E-state index contributed by atoms with van der Waals surface area (Å²) in [4.78, 5) is 2.39. The zero-order valence-corrected chi connectivity index (χ0v) is 12.6. The van der Waals surface area contributed by atoms with Crippen LogP contribution in [0.25, 0.3) is 0 Å². The van der Waals surface area contributed by atoms with E-state index in [1.54, 1.807) is 0 Å². The summed E-state index contributed by atoms with van der Waals surface area (Å²) >= 11 is 12.3. The fourth-order valence-corrected chi connectivity index (χ4v) is 3.34. The van der Waals surface area contributed by atoms with Gasteiger partial charge < -0.3 is 10.2 Å². The molecule has 0 aromatic heterocycles. The molecule has 1 fully saturated rings. The van der Waals surface area contributed by atoms with Crippen LogP contribution >= 0.6 is 23.2 Å². The van der Waals surface area contributed by atoms with E-state index in [1.807, 2.05) is 25.2 Å². The smallest absolute Gasteiger partial charge is 0.0654 e. The molecule has 18 heavy (non-hydrogen) atoms. The number of hydrogen-bond donors (Lipinski definition) is 1. The average Bonchev–Trinajstić information content (AvgIpc) is 2.34. The van der Waals surface area contributed by atoms with Crippen LogP contribution in [0.3, 0.4) is 0 Å². The van der Waals surface area contributed by atoms with Crippen LogP contribution in [0.2, 0.25) is 10.0 Å². The fraction of sp³-hybridized carbons (Fsp3) is 0.571. The van der Waals surface area contributed by atoms with Crippen LogP contribution in [0.5, 0.6) is 0 Å². The molecule has 1 heterocycles. The zero-order chi connectivity index (χ0) is 13.3. The number of hydrogen-bond acceptors (Lipinski definition) is 2. The number of nitrogens with zero attached hydrogens (tertiary/aromatic N) is 1. The van der Waals surface area contributed by atoms with Crippen molar-refractivity contribution in [3.63, 3.8) is 0 Å². The fourth-order valence-electron chi connectivity index (χ4n) is 2.83. The minimum Gasteiger partial charge on any atom is -0.367 e. The van der Waals surface area contributed by atoms with E-state index in [0.29, 0.717) is 23.0 Å². The van der Waals surface area contributed by atoms with Gasteiger partial charge in [-0.1, -0.05) is 30.1 Å². The molecule has 1 aromatic rings. The summed E-state index contributed by atoms with van der Waals surface area (Å²) in [6.07, 6.45) is 1.14. The molecule has 4 heteroatoms. The van der Waals surface area contributed by atoms with Crippen LogP contribution in [-0.4, -0.2) is 25.7 Å². The highest BCUT2D eigenvalue weighted by atomic mass is 35.5. The van der Waals surface area contributed by atoms with Crippen LogP contribution in [0.15, 0.2) is 18.2 Å². The molecule has 1 aliphatic heterocycles. The minimum atomic E-state index is 0.467. The van der Waals surface area contributed by atoms with Crippen LogP contribution in [0, 0.1) is 5.92 Å². The Labute approximate surface area is 119 Å². The summed E-state index contributed by atoms with van der Waals surface area (Å²) in [6, 6.07) is 6.80.